The summed E-state index contributed by atoms with van der Waals surface area (Å²) in [6.07, 6.45) is 0. The molecular formula is C20H15FN4O2. The largest absolute Gasteiger partial charge is 0.425 e. The molecule has 1 aromatic heterocycles. The molecule has 6 nitrogen and oxygen atoms in total. The number of nitrogens with zero attached hydrogens (tertiary/aromatic N) is 3. The van der Waals surface area contributed by atoms with Gasteiger partial charge in [-0.1, -0.05) is 24.3 Å². The van der Waals surface area contributed by atoms with Crippen molar-refractivity contribution in [2.75, 3.05) is 11.9 Å². The third kappa shape index (κ3) is 2.46. The fraction of sp³-hybridized carbons (Fsp3) is 0.200. The predicted octanol–water partition coefficient (Wildman–Crippen LogP) is 3.45. The van der Waals surface area contributed by atoms with Gasteiger partial charge in [-0.2, -0.15) is 0 Å². The Morgan fingerprint density at radius 1 is 1.15 bits per heavy atom. The van der Waals surface area contributed by atoms with Crippen LogP contribution < -0.4 is 5.32 Å². The molecule has 0 fully saturated rings. The van der Waals surface area contributed by atoms with Crippen LogP contribution in [0.5, 0.6) is 0 Å². The molecule has 27 heavy (non-hydrogen) atoms. The average Bonchev–Trinajstić information content (AvgIpc) is 3.10. The van der Waals surface area contributed by atoms with E-state index in [1.165, 1.54) is 12.1 Å². The van der Waals surface area contributed by atoms with Crippen molar-refractivity contribution in [1.82, 2.24) is 10.2 Å². The Labute approximate surface area is 154 Å². The van der Waals surface area contributed by atoms with E-state index in [2.05, 4.69) is 20.5 Å². The number of hydrogen-bond donors (Lipinski definition) is 1. The summed E-state index contributed by atoms with van der Waals surface area (Å²) >= 11 is 0. The summed E-state index contributed by atoms with van der Waals surface area (Å²) in [7, 11) is 0. The topological polar surface area (TPSA) is 80.4 Å². The van der Waals surface area contributed by atoms with E-state index >= 15 is 0 Å². The molecule has 0 radical (unpaired) electrons. The van der Waals surface area contributed by atoms with Crippen LogP contribution in [-0.4, -0.2) is 28.2 Å². The summed E-state index contributed by atoms with van der Waals surface area (Å²) in [4.78, 5) is 16.9. The van der Waals surface area contributed by atoms with Gasteiger partial charge in [0, 0.05) is 23.7 Å². The molecule has 0 aliphatic carbocycles. The number of rotatable bonds is 2. The zero-order valence-electron chi connectivity index (χ0n) is 14.4. The van der Waals surface area contributed by atoms with Crippen molar-refractivity contribution in [2.45, 2.75) is 18.9 Å². The van der Waals surface area contributed by atoms with E-state index in [-0.39, 0.29) is 30.1 Å². The number of aryl methyl sites for hydroxylation is 1. The molecule has 3 aromatic rings. The lowest BCUT2D eigenvalue weighted by atomic mass is 9.78. The molecule has 1 N–H and O–H groups in total. The molecule has 0 saturated heterocycles. The van der Waals surface area contributed by atoms with Crippen LogP contribution in [0.15, 0.2) is 51.9 Å². The fourth-order valence-electron chi connectivity index (χ4n) is 3.81. The van der Waals surface area contributed by atoms with Crippen molar-refractivity contribution in [3.8, 4) is 0 Å². The van der Waals surface area contributed by atoms with Crippen molar-refractivity contribution in [3.05, 3.63) is 76.8 Å². The molecule has 0 bridgehead atoms. The number of carbonyl (C=O) groups excluding carboxylic acids is 1. The number of aliphatic imine (C=N–C) groups is 1. The standard InChI is InChI=1S/C20H15FN4O2/c1-10-24-25-20(27-10)17-18(11-5-7-12(21)8-6-11)23-14-4-2-3-13-15(26)9-22-19(17)16(13)14/h2-8,17-18,23H,9H2,1H3. The lowest BCUT2D eigenvalue weighted by molar-refractivity contribution is 0.0999. The Morgan fingerprint density at radius 2 is 1.96 bits per heavy atom. The van der Waals surface area contributed by atoms with Crippen LogP contribution >= 0.6 is 0 Å². The highest BCUT2D eigenvalue weighted by atomic mass is 19.1. The number of halogens is 1. The van der Waals surface area contributed by atoms with Crippen molar-refractivity contribution >= 4 is 17.2 Å². The van der Waals surface area contributed by atoms with Gasteiger partial charge in [-0.25, -0.2) is 4.39 Å². The van der Waals surface area contributed by atoms with Gasteiger partial charge >= 0.3 is 0 Å². The molecule has 3 heterocycles. The molecule has 0 saturated carbocycles. The van der Waals surface area contributed by atoms with E-state index in [1.807, 2.05) is 18.2 Å². The van der Waals surface area contributed by atoms with Gasteiger partial charge in [0.1, 0.15) is 18.3 Å². The van der Waals surface area contributed by atoms with Gasteiger partial charge < -0.3 is 9.73 Å². The third-order valence-electron chi connectivity index (χ3n) is 4.99. The number of aromatic nitrogens is 2. The lowest BCUT2D eigenvalue weighted by Crippen LogP contribution is -2.36. The highest BCUT2D eigenvalue weighted by Gasteiger charge is 2.42. The summed E-state index contributed by atoms with van der Waals surface area (Å²) in [5.41, 5.74) is 3.86. The summed E-state index contributed by atoms with van der Waals surface area (Å²) < 4.78 is 19.2. The Hall–Kier alpha value is -3.35. The maximum Gasteiger partial charge on any atom is 0.228 e. The molecule has 2 atom stereocenters. The van der Waals surface area contributed by atoms with Gasteiger partial charge in [-0.3, -0.25) is 9.79 Å². The number of anilines is 1. The van der Waals surface area contributed by atoms with E-state index in [1.54, 1.807) is 19.1 Å². The van der Waals surface area contributed by atoms with E-state index < -0.39 is 0 Å². The van der Waals surface area contributed by atoms with Crippen molar-refractivity contribution in [2.24, 2.45) is 4.99 Å². The SMILES string of the molecule is Cc1nnc(C2C3=NCC(=O)c4cccc(c43)NC2c2ccc(F)cc2)o1. The van der Waals surface area contributed by atoms with Crippen molar-refractivity contribution in [1.29, 1.82) is 0 Å². The second-order valence-electron chi connectivity index (χ2n) is 6.66. The van der Waals surface area contributed by atoms with Crippen molar-refractivity contribution in [3.63, 3.8) is 0 Å². The third-order valence-corrected chi connectivity index (χ3v) is 4.99. The molecule has 0 amide bonds. The van der Waals surface area contributed by atoms with Gasteiger partial charge in [0.15, 0.2) is 5.78 Å². The summed E-state index contributed by atoms with van der Waals surface area (Å²) in [5, 5.41) is 11.6. The second kappa shape index (κ2) is 5.84. The fourth-order valence-corrected chi connectivity index (χ4v) is 3.81. The van der Waals surface area contributed by atoms with Crippen LogP contribution in [0.25, 0.3) is 0 Å². The van der Waals surface area contributed by atoms with Crippen molar-refractivity contribution < 1.29 is 13.6 Å². The van der Waals surface area contributed by atoms with Crippen LogP contribution in [0.4, 0.5) is 10.1 Å². The molecule has 5 rings (SSSR count). The van der Waals surface area contributed by atoms with Gasteiger partial charge in [0.05, 0.1) is 11.8 Å². The monoisotopic (exact) mass is 362 g/mol. The molecule has 2 aromatic carbocycles. The quantitative estimate of drug-likeness (QED) is 0.755. The van der Waals surface area contributed by atoms with Crippen LogP contribution in [0.2, 0.25) is 0 Å². The average molecular weight is 362 g/mol. The maximum absolute atomic E-state index is 13.4. The number of ketones is 1. The van der Waals surface area contributed by atoms with Crippen LogP contribution in [0, 0.1) is 12.7 Å². The first kappa shape index (κ1) is 15.9. The molecule has 2 unspecified atom stereocenters. The first-order valence-corrected chi connectivity index (χ1v) is 8.65. The van der Waals surface area contributed by atoms with Gasteiger partial charge in [-0.15, -0.1) is 10.2 Å². The molecule has 0 spiro atoms. The van der Waals surface area contributed by atoms with Gasteiger partial charge in [0.2, 0.25) is 11.8 Å². The number of Topliss-reactive ketones (excluding diaryl/α,β-unsaturated/α-hetero) is 1. The zero-order valence-corrected chi connectivity index (χ0v) is 14.4. The molecule has 134 valence electrons. The Kier molecular flexibility index (Phi) is 3.43. The highest BCUT2D eigenvalue weighted by molar-refractivity contribution is 6.21. The normalized spacial score (nSPS) is 20.7. The summed E-state index contributed by atoms with van der Waals surface area (Å²) in [6.45, 7) is 1.82. The first-order valence-electron chi connectivity index (χ1n) is 8.65. The van der Waals surface area contributed by atoms with E-state index in [9.17, 15) is 9.18 Å². The smallest absolute Gasteiger partial charge is 0.228 e. The molecular weight excluding hydrogens is 347 g/mol. The van der Waals surface area contributed by atoms with E-state index in [0.29, 0.717) is 17.3 Å². The zero-order chi connectivity index (χ0) is 18.5. The number of nitrogens with one attached hydrogen (secondary N) is 1. The number of carbonyl (C=O) groups is 1. The van der Waals surface area contributed by atoms with Crippen LogP contribution in [0.1, 0.15) is 45.2 Å². The Morgan fingerprint density at radius 3 is 2.70 bits per heavy atom. The molecule has 2 aliphatic heterocycles. The number of benzene rings is 2. The van der Waals surface area contributed by atoms with Crippen LogP contribution in [0.3, 0.4) is 0 Å². The Bertz CT molecular complexity index is 1090. The molecule has 2 aliphatic rings. The second-order valence-corrected chi connectivity index (χ2v) is 6.66. The van der Waals surface area contributed by atoms with Gasteiger partial charge in [0.25, 0.3) is 0 Å². The van der Waals surface area contributed by atoms with E-state index in [4.69, 9.17) is 4.42 Å². The first-order chi connectivity index (χ1) is 13.1. The maximum atomic E-state index is 13.4. The molecule has 7 heteroatoms. The summed E-state index contributed by atoms with van der Waals surface area (Å²) in [5.74, 6) is 0.178. The number of hydrogen-bond acceptors (Lipinski definition) is 6. The predicted molar refractivity (Wildman–Crippen MR) is 96.7 cm³/mol. The highest BCUT2D eigenvalue weighted by Crippen LogP contribution is 2.44. The Balaban J connectivity index is 1.73. The summed E-state index contributed by atoms with van der Waals surface area (Å²) in [6, 6.07) is 11.6. The minimum absolute atomic E-state index is 0.0157. The minimum Gasteiger partial charge on any atom is -0.425 e. The van der Waals surface area contributed by atoms with E-state index in [0.717, 1.165) is 22.5 Å². The van der Waals surface area contributed by atoms with Gasteiger partial charge in [-0.05, 0) is 23.8 Å². The lowest BCUT2D eigenvalue weighted by Gasteiger charge is -2.36. The minimum atomic E-state index is -0.376. The van der Waals surface area contributed by atoms with Crippen LogP contribution in [-0.2, 0) is 0 Å².